The van der Waals surface area contributed by atoms with Gasteiger partial charge in [0.15, 0.2) is 0 Å². The second kappa shape index (κ2) is 7.01. The molecule has 2 N–H and O–H groups in total. The van der Waals surface area contributed by atoms with Gasteiger partial charge in [-0.25, -0.2) is 0 Å². The molecule has 0 aliphatic carbocycles. The number of hydrogen-bond donors (Lipinski definition) is 2. The maximum absolute atomic E-state index is 13.2. The molecule has 140 valence electrons. The van der Waals surface area contributed by atoms with E-state index in [0.29, 0.717) is 20.1 Å². The molecular weight excluding hydrogens is 460 g/mol. The first-order valence-corrected chi connectivity index (χ1v) is 9.92. The van der Waals surface area contributed by atoms with Crippen LogP contribution in [-0.4, -0.2) is 16.0 Å². The number of phenols is 2. The van der Waals surface area contributed by atoms with Gasteiger partial charge in [0, 0.05) is 20.1 Å². The fourth-order valence-corrected chi connectivity index (χ4v) is 3.75. The van der Waals surface area contributed by atoms with E-state index in [-0.39, 0.29) is 33.5 Å². The maximum atomic E-state index is 13.2. The van der Waals surface area contributed by atoms with Crippen molar-refractivity contribution in [3.05, 3.63) is 55.5 Å². The summed E-state index contributed by atoms with van der Waals surface area (Å²) in [4.78, 5) is 13.2. The van der Waals surface area contributed by atoms with Crippen LogP contribution in [-0.2, 0) is 10.8 Å². The first-order valence-electron chi connectivity index (χ1n) is 8.34. The summed E-state index contributed by atoms with van der Waals surface area (Å²) in [6.07, 6.45) is 0. The molecule has 0 aliphatic rings. The molecule has 0 amide bonds. The number of rotatable bonds is 2. The van der Waals surface area contributed by atoms with Crippen LogP contribution in [0.15, 0.2) is 33.2 Å². The van der Waals surface area contributed by atoms with Crippen LogP contribution < -0.4 is 0 Å². The van der Waals surface area contributed by atoms with E-state index in [1.54, 1.807) is 12.1 Å². The molecule has 2 aromatic carbocycles. The molecule has 0 aromatic heterocycles. The van der Waals surface area contributed by atoms with E-state index >= 15 is 0 Å². The summed E-state index contributed by atoms with van der Waals surface area (Å²) >= 11 is 6.85. The molecule has 3 nitrogen and oxygen atoms in total. The Balaban J connectivity index is 2.72. The Morgan fingerprint density at radius 1 is 0.731 bits per heavy atom. The third-order valence-corrected chi connectivity index (χ3v) is 5.17. The van der Waals surface area contributed by atoms with Crippen molar-refractivity contribution in [2.45, 2.75) is 52.4 Å². The first kappa shape index (κ1) is 21.0. The monoisotopic (exact) mass is 482 g/mol. The van der Waals surface area contributed by atoms with E-state index in [1.165, 1.54) is 0 Å². The predicted molar refractivity (Wildman–Crippen MR) is 112 cm³/mol. The average Bonchev–Trinajstić information content (AvgIpc) is 2.48. The zero-order valence-corrected chi connectivity index (χ0v) is 19.0. The average molecular weight is 484 g/mol. The van der Waals surface area contributed by atoms with Gasteiger partial charge in [-0.1, -0.05) is 73.4 Å². The second-order valence-corrected chi connectivity index (χ2v) is 10.4. The molecule has 0 unspecified atom stereocenters. The number of benzene rings is 2. The Bertz CT molecular complexity index is 801. The van der Waals surface area contributed by atoms with E-state index in [1.807, 2.05) is 53.7 Å². The highest BCUT2D eigenvalue weighted by Gasteiger charge is 2.28. The smallest absolute Gasteiger partial charge is 0.200 e. The second-order valence-electron chi connectivity index (χ2n) is 8.53. The quantitative estimate of drug-likeness (QED) is 0.482. The molecule has 0 radical (unpaired) electrons. The van der Waals surface area contributed by atoms with E-state index < -0.39 is 5.78 Å². The molecular formula is C21H24Br2O3. The van der Waals surface area contributed by atoms with Crippen molar-refractivity contribution in [1.29, 1.82) is 0 Å². The summed E-state index contributed by atoms with van der Waals surface area (Å²) in [7, 11) is 0. The first-order chi connectivity index (χ1) is 11.7. The molecule has 0 heterocycles. The van der Waals surface area contributed by atoms with Gasteiger partial charge in [0.2, 0.25) is 5.78 Å². The van der Waals surface area contributed by atoms with Gasteiger partial charge in [-0.05, 0) is 35.1 Å². The summed E-state index contributed by atoms with van der Waals surface area (Å²) in [5.41, 5.74) is 0.994. The van der Waals surface area contributed by atoms with Gasteiger partial charge in [-0.2, -0.15) is 0 Å². The largest absolute Gasteiger partial charge is 0.507 e. The number of carbonyl (C=O) groups is 1. The lowest BCUT2D eigenvalue weighted by molar-refractivity contribution is 0.103. The van der Waals surface area contributed by atoms with Crippen molar-refractivity contribution in [1.82, 2.24) is 0 Å². The van der Waals surface area contributed by atoms with Crippen LogP contribution in [0.3, 0.4) is 0 Å². The van der Waals surface area contributed by atoms with Gasteiger partial charge in [0.05, 0.1) is 11.1 Å². The lowest BCUT2D eigenvalue weighted by atomic mass is 9.82. The lowest BCUT2D eigenvalue weighted by Crippen LogP contribution is -2.15. The highest BCUT2D eigenvalue weighted by atomic mass is 79.9. The number of hydrogen-bond acceptors (Lipinski definition) is 3. The van der Waals surface area contributed by atoms with Crippen LogP contribution in [0.25, 0.3) is 0 Å². The van der Waals surface area contributed by atoms with Gasteiger partial charge in [0.25, 0.3) is 0 Å². The van der Waals surface area contributed by atoms with Crippen molar-refractivity contribution in [3.8, 4) is 11.5 Å². The maximum Gasteiger partial charge on any atom is 0.200 e. The number of phenolic OH excluding ortho intramolecular Hbond substituents is 2. The normalized spacial score (nSPS) is 12.3. The Morgan fingerprint density at radius 2 is 1.04 bits per heavy atom. The Morgan fingerprint density at radius 3 is 1.31 bits per heavy atom. The van der Waals surface area contributed by atoms with Gasteiger partial charge >= 0.3 is 0 Å². The molecule has 0 spiro atoms. The summed E-state index contributed by atoms with van der Waals surface area (Å²) in [6.45, 7) is 11.8. The molecule has 2 rings (SSSR count). The Labute approximate surface area is 171 Å². The summed E-state index contributed by atoms with van der Waals surface area (Å²) in [5.74, 6) is -0.525. The lowest BCUT2D eigenvalue weighted by Gasteiger charge is -2.24. The van der Waals surface area contributed by atoms with Gasteiger partial charge < -0.3 is 10.2 Å². The van der Waals surface area contributed by atoms with Crippen molar-refractivity contribution >= 4 is 37.6 Å². The van der Waals surface area contributed by atoms with E-state index in [2.05, 4.69) is 31.9 Å². The summed E-state index contributed by atoms with van der Waals surface area (Å²) in [5, 5.41) is 21.5. The molecule has 0 aliphatic heterocycles. The fourth-order valence-electron chi connectivity index (χ4n) is 2.83. The van der Waals surface area contributed by atoms with E-state index in [0.717, 1.165) is 0 Å². The van der Waals surface area contributed by atoms with Crippen LogP contribution in [0, 0.1) is 0 Å². The molecule has 26 heavy (non-hydrogen) atoms. The zero-order chi connectivity index (χ0) is 20.0. The molecule has 0 fully saturated rings. The van der Waals surface area contributed by atoms with Gasteiger partial charge in [-0.3, -0.25) is 4.79 Å². The van der Waals surface area contributed by atoms with Crippen LogP contribution in [0.4, 0.5) is 0 Å². The highest BCUT2D eigenvalue weighted by molar-refractivity contribution is 9.10. The van der Waals surface area contributed by atoms with Crippen molar-refractivity contribution in [2.75, 3.05) is 0 Å². The van der Waals surface area contributed by atoms with Gasteiger partial charge in [0.1, 0.15) is 11.5 Å². The minimum Gasteiger partial charge on any atom is -0.507 e. The van der Waals surface area contributed by atoms with Crippen molar-refractivity contribution in [3.63, 3.8) is 0 Å². The molecule has 5 heteroatoms. The topological polar surface area (TPSA) is 57.5 Å². The van der Waals surface area contributed by atoms with Crippen molar-refractivity contribution < 1.29 is 15.0 Å². The standard InChI is InChI=1S/C21H24Br2O3/c1-20(2,3)15-9-11(22)7-13(18(15)25)17(24)14-8-12(23)10-16(19(14)26)21(4,5)6/h7-10,25-26H,1-6H3. The van der Waals surface area contributed by atoms with E-state index in [4.69, 9.17) is 0 Å². The fraction of sp³-hybridized carbons (Fsp3) is 0.381. The molecule has 0 saturated carbocycles. The van der Waals surface area contributed by atoms with Crippen LogP contribution in [0.1, 0.15) is 68.6 Å². The number of aromatic hydroxyl groups is 2. The summed E-state index contributed by atoms with van der Waals surface area (Å²) < 4.78 is 1.41. The van der Waals surface area contributed by atoms with Crippen LogP contribution in [0.2, 0.25) is 0 Å². The molecule has 0 saturated heterocycles. The third-order valence-electron chi connectivity index (χ3n) is 4.25. The van der Waals surface area contributed by atoms with E-state index in [9.17, 15) is 15.0 Å². The number of ketones is 1. The summed E-state index contributed by atoms with van der Waals surface area (Å²) in [6, 6.07) is 6.80. The Kier molecular flexibility index (Phi) is 5.65. The zero-order valence-electron chi connectivity index (χ0n) is 15.9. The molecule has 0 bridgehead atoms. The minimum absolute atomic E-state index is 0.0533. The number of carbonyl (C=O) groups excluding carboxylic acids is 1. The van der Waals surface area contributed by atoms with Crippen molar-refractivity contribution in [2.24, 2.45) is 0 Å². The van der Waals surface area contributed by atoms with Crippen LogP contribution >= 0.6 is 31.9 Å². The molecule has 2 aromatic rings. The number of halogens is 2. The third kappa shape index (κ3) is 4.15. The van der Waals surface area contributed by atoms with Gasteiger partial charge in [-0.15, -0.1) is 0 Å². The molecule has 0 atom stereocenters. The minimum atomic E-state index is -0.418. The SMILES string of the molecule is CC(C)(C)c1cc(Br)cc(C(=O)c2cc(Br)cc(C(C)(C)C)c2O)c1O. The van der Waals surface area contributed by atoms with Crippen LogP contribution in [0.5, 0.6) is 11.5 Å². The predicted octanol–water partition coefficient (Wildman–Crippen LogP) is 6.45. The Hall–Kier alpha value is -1.33. The highest BCUT2D eigenvalue weighted by Crippen LogP contribution is 2.40.